The molecule has 1 rings (SSSR count). The summed E-state index contributed by atoms with van der Waals surface area (Å²) in [6, 6.07) is 6.33. The lowest BCUT2D eigenvalue weighted by Gasteiger charge is -2.07. The molecule has 0 aromatic heterocycles. The summed E-state index contributed by atoms with van der Waals surface area (Å²) in [5, 5.41) is -0.233. The van der Waals surface area contributed by atoms with Crippen molar-refractivity contribution in [1.82, 2.24) is 0 Å². The Morgan fingerprint density at radius 2 is 1.10 bits per heavy atom. The number of alkyl halides is 1. The van der Waals surface area contributed by atoms with E-state index in [-0.39, 0.29) is 18.0 Å². The summed E-state index contributed by atoms with van der Waals surface area (Å²) in [6.45, 7) is 4.61. The SMILES string of the molecule is CCCCCCCCCCCCCCCOC(=O)c1ccc(C(=O)OCC(C)Cl)cc1. The maximum Gasteiger partial charge on any atom is 0.338 e. The number of rotatable bonds is 18. The van der Waals surface area contributed by atoms with Crippen LogP contribution in [0.25, 0.3) is 0 Å². The van der Waals surface area contributed by atoms with E-state index in [1.54, 1.807) is 31.2 Å². The highest BCUT2D eigenvalue weighted by Gasteiger charge is 2.11. The van der Waals surface area contributed by atoms with E-state index in [4.69, 9.17) is 21.1 Å². The van der Waals surface area contributed by atoms with Gasteiger partial charge in [-0.1, -0.05) is 84.0 Å². The van der Waals surface area contributed by atoms with Gasteiger partial charge in [-0.25, -0.2) is 9.59 Å². The Kier molecular flexibility index (Phi) is 16.0. The minimum atomic E-state index is -0.445. The molecular weight excluding hydrogens is 412 g/mol. The van der Waals surface area contributed by atoms with Gasteiger partial charge in [0.2, 0.25) is 0 Å². The van der Waals surface area contributed by atoms with Crippen LogP contribution in [0, 0.1) is 0 Å². The Hall–Kier alpha value is -1.55. The van der Waals surface area contributed by atoms with Crippen LogP contribution in [0.15, 0.2) is 24.3 Å². The third-order valence-electron chi connectivity index (χ3n) is 5.28. The molecule has 0 saturated heterocycles. The van der Waals surface area contributed by atoms with E-state index in [9.17, 15) is 9.59 Å². The monoisotopic (exact) mass is 452 g/mol. The van der Waals surface area contributed by atoms with Crippen molar-refractivity contribution < 1.29 is 19.1 Å². The Morgan fingerprint density at radius 1 is 0.710 bits per heavy atom. The van der Waals surface area contributed by atoms with Gasteiger partial charge in [-0.05, 0) is 37.6 Å². The van der Waals surface area contributed by atoms with Gasteiger partial charge >= 0.3 is 11.9 Å². The first-order valence-electron chi connectivity index (χ1n) is 12.1. The van der Waals surface area contributed by atoms with E-state index in [0.717, 1.165) is 12.8 Å². The second-order valence-electron chi connectivity index (χ2n) is 8.34. The normalized spacial score (nSPS) is 11.8. The molecule has 0 aliphatic rings. The molecule has 5 heteroatoms. The van der Waals surface area contributed by atoms with Crippen molar-refractivity contribution >= 4 is 23.5 Å². The molecular formula is C26H41ClO4. The molecule has 0 N–H and O–H groups in total. The average Bonchev–Trinajstić information content (AvgIpc) is 2.77. The smallest absolute Gasteiger partial charge is 0.338 e. The van der Waals surface area contributed by atoms with E-state index in [1.165, 1.54) is 70.6 Å². The summed E-state index contributed by atoms with van der Waals surface area (Å²) in [7, 11) is 0. The molecule has 0 radical (unpaired) electrons. The summed E-state index contributed by atoms with van der Waals surface area (Å²) in [4.78, 5) is 24.0. The summed E-state index contributed by atoms with van der Waals surface area (Å²) in [5.74, 6) is -0.798. The molecule has 176 valence electrons. The number of carbonyl (C=O) groups excluding carboxylic acids is 2. The molecule has 0 spiro atoms. The Morgan fingerprint density at radius 3 is 1.52 bits per heavy atom. The number of halogens is 1. The first-order valence-corrected chi connectivity index (χ1v) is 12.6. The summed E-state index contributed by atoms with van der Waals surface area (Å²) in [5.41, 5.74) is 0.835. The lowest BCUT2D eigenvalue weighted by atomic mass is 10.0. The molecule has 1 atom stereocenters. The van der Waals surface area contributed by atoms with Crippen molar-refractivity contribution in [2.24, 2.45) is 0 Å². The van der Waals surface area contributed by atoms with Crippen LogP contribution < -0.4 is 0 Å². The molecule has 0 amide bonds. The first kappa shape index (κ1) is 27.5. The predicted molar refractivity (Wildman–Crippen MR) is 128 cm³/mol. The van der Waals surface area contributed by atoms with Crippen LogP contribution in [0.2, 0.25) is 0 Å². The van der Waals surface area contributed by atoms with Gasteiger partial charge in [0.1, 0.15) is 6.61 Å². The highest BCUT2D eigenvalue weighted by Crippen LogP contribution is 2.13. The van der Waals surface area contributed by atoms with Crippen molar-refractivity contribution in [3.63, 3.8) is 0 Å². The molecule has 0 aliphatic heterocycles. The summed E-state index contributed by atoms with van der Waals surface area (Å²) in [6.07, 6.45) is 16.8. The molecule has 1 aromatic rings. The summed E-state index contributed by atoms with van der Waals surface area (Å²) >= 11 is 5.77. The van der Waals surface area contributed by atoms with Crippen LogP contribution in [0.4, 0.5) is 0 Å². The van der Waals surface area contributed by atoms with Crippen molar-refractivity contribution in [3.05, 3.63) is 35.4 Å². The minimum absolute atomic E-state index is 0.156. The third-order valence-corrected chi connectivity index (χ3v) is 5.41. The third kappa shape index (κ3) is 14.2. The molecule has 0 bridgehead atoms. The van der Waals surface area contributed by atoms with Crippen LogP contribution in [-0.2, 0) is 9.47 Å². The largest absolute Gasteiger partial charge is 0.462 e. The molecule has 1 unspecified atom stereocenters. The lowest BCUT2D eigenvalue weighted by molar-refractivity contribution is 0.0487. The molecule has 0 fully saturated rings. The molecule has 4 nitrogen and oxygen atoms in total. The Bertz CT molecular complexity index is 598. The van der Waals surface area contributed by atoms with E-state index in [1.807, 2.05) is 0 Å². The van der Waals surface area contributed by atoms with E-state index >= 15 is 0 Å². The predicted octanol–water partition coefficient (Wildman–Crippen LogP) is 7.72. The Balaban J connectivity index is 2.02. The second kappa shape index (κ2) is 18.1. The molecule has 0 saturated carbocycles. The maximum absolute atomic E-state index is 12.1. The lowest BCUT2D eigenvalue weighted by Crippen LogP contribution is -2.12. The zero-order chi connectivity index (χ0) is 22.7. The second-order valence-corrected chi connectivity index (χ2v) is 9.08. The van der Waals surface area contributed by atoms with Crippen molar-refractivity contribution in [2.45, 2.75) is 103 Å². The first-order chi connectivity index (χ1) is 15.0. The maximum atomic E-state index is 12.1. The van der Waals surface area contributed by atoms with Crippen molar-refractivity contribution in [2.75, 3.05) is 13.2 Å². The minimum Gasteiger partial charge on any atom is -0.462 e. The summed E-state index contributed by atoms with van der Waals surface area (Å²) < 4.78 is 10.4. The molecule has 1 aromatic carbocycles. The number of hydrogen-bond acceptors (Lipinski definition) is 4. The van der Waals surface area contributed by atoms with Crippen molar-refractivity contribution in [3.8, 4) is 0 Å². The fraction of sp³-hybridized carbons (Fsp3) is 0.692. The van der Waals surface area contributed by atoms with E-state index in [2.05, 4.69) is 6.92 Å². The van der Waals surface area contributed by atoms with Gasteiger partial charge in [0.05, 0.1) is 23.1 Å². The van der Waals surface area contributed by atoms with E-state index in [0.29, 0.717) is 17.7 Å². The van der Waals surface area contributed by atoms with Crippen LogP contribution in [0.3, 0.4) is 0 Å². The van der Waals surface area contributed by atoms with Gasteiger partial charge in [-0.15, -0.1) is 11.6 Å². The fourth-order valence-corrected chi connectivity index (χ4v) is 3.45. The quantitative estimate of drug-likeness (QED) is 0.130. The Labute approximate surface area is 194 Å². The fourth-order valence-electron chi connectivity index (χ4n) is 3.38. The number of carbonyl (C=O) groups is 2. The zero-order valence-corrected chi connectivity index (χ0v) is 20.3. The molecule has 31 heavy (non-hydrogen) atoms. The van der Waals surface area contributed by atoms with Gasteiger partial charge < -0.3 is 9.47 Å². The number of esters is 2. The van der Waals surface area contributed by atoms with Crippen LogP contribution in [0.5, 0.6) is 0 Å². The number of benzene rings is 1. The van der Waals surface area contributed by atoms with Gasteiger partial charge in [0.15, 0.2) is 0 Å². The zero-order valence-electron chi connectivity index (χ0n) is 19.5. The van der Waals surface area contributed by atoms with Crippen molar-refractivity contribution in [1.29, 1.82) is 0 Å². The van der Waals surface area contributed by atoms with E-state index < -0.39 is 5.97 Å². The number of unbranched alkanes of at least 4 members (excludes halogenated alkanes) is 12. The highest BCUT2D eigenvalue weighted by molar-refractivity contribution is 6.20. The number of ether oxygens (including phenoxy) is 2. The number of hydrogen-bond donors (Lipinski definition) is 0. The molecule has 0 aliphatic carbocycles. The topological polar surface area (TPSA) is 52.6 Å². The van der Waals surface area contributed by atoms with Crippen LogP contribution >= 0.6 is 11.6 Å². The van der Waals surface area contributed by atoms with Crippen LogP contribution in [0.1, 0.15) is 118 Å². The van der Waals surface area contributed by atoms with Gasteiger partial charge in [-0.2, -0.15) is 0 Å². The van der Waals surface area contributed by atoms with Gasteiger partial charge in [0.25, 0.3) is 0 Å². The average molecular weight is 453 g/mol. The molecule has 0 heterocycles. The van der Waals surface area contributed by atoms with Crippen LogP contribution in [-0.4, -0.2) is 30.5 Å². The van der Waals surface area contributed by atoms with Gasteiger partial charge in [0, 0.05) is 0 Å². The standard InChI is InChI=1S/C26H41ClO4/c1-3-4-5-6-7-8-9-10-11-12-13-14-15-20-30-25(28)23-16-18-24(19-17-23)26(29)31-21-22(2)27/h16-19,22H,3-15,20-21H2,1-2H3. The van der Waals surface area contributed by atoms with Gasteiger partial charge in [-0.3, -0.25) is 0 Å². The highest BCUT2D eigenvalue weighted by atomic mass is 35.5.